The molecule has 1 aromatic carbocycles. The van der Waals surface area contributed by atoms with Crippen molar-refractivity contribution in [3.63, 3.8) is 0 Å². The predicted octanol–water partition coefficient (Wildman–Crippen LogP) is 4.67. The second kappa shape index (κ2) is 5.58. The van der Waals surface area contributed by atoms with Crippen LogP contribution < -0.4 is 4.74 Å². The van der Waals surface area contributed by atoms with Gasteiger partial charge in [-0.2, -0.15) is 0 Å². The van der Waals surface area contributed by atoms with Crippen LogP contribution >= 0.6 is 11.6 Å². The summed E-state index contributed by atoms with van der Waals surface area (Å²) >= 11 is 6.24. The molecule has 0 saturated heterocycles. The Morgan fingerprint density at radius 3 is 2.31 bits per heavy atom. The van der Waals surface area contributed by atoms with Crippen molar-refractivity contribution < 1.29 is 4.74 Å². The van der Waals surface area contributed by atoms with Gasteiger partial charge < -0.3 is 4.74 Å². The first kappa shape index (κ1) is 13.4. The van der Waals surface area contributed by atoms with E-state index in [0.29, 0.717) is 11.8 Å². The van der Waals surface area contributed by atoms with E-state index in [9.17, 15) is 0 Å². The lowest BCUT2D eigenvalue weighted by Gasteiger charge is -2.21. The number of rotatable bonds is 4. The number of methoxy groups -OCH3 is 1. The van der Waals surface area contributed by atoms with Gasteiger partial charge in [0, 0.05) is 0 Å². The van der Waals surface area contributed by atoms with Gasteiger partial charge in [-0.1, -0.05) is 45.4 Å². The average Bonchev–Trinajstić information content (AvgIpc) is 2.26. The fraction of sp³-hybridized carbons (Fsp3) is 0.571. The van der Waals surface area contributed by atoms with Crippen LogP contribution in [0.4, 0.5) is 0 Å². The van der Waals surface area contributed by atoms with Gasteiger partial charge in [-0.25, -0.2) is 0 Å². The van der Waals surface area contributed by atoms with Crippen molar-refractivity contribution >= 4 is 11.6 Å². The maximum atomic E-state index is 6.24. The third-order valence-corrected chi connectivity index (χ3v) is 3.52. The molecule has 0 amide bonds. The summed E-state index contributed by atoms with van der Waals surface area (Å²) in [5.74, 6) is 1.87. The SMILES string of the molecule is CCc1cc(Cl)c(OC)c([C@H](C)C(C)C)c1. The van der Waals surface area contributed by atoms with Gasteiger partial charge in [0.2, 0.25) is 0 Å². The van der Waals surface area contributed by atoms with Crippen LogP contribution in [0.5, 0.6) is 5.75 Å². The van der Waals surface area contributed by atoms with E-state index >= 15 is 0 Å². The van der Waals surface area contributed by atoms with Gasteiger partial charge in [0.15, 0.2) is 0 Å². The summed E-state index contributed by atoms with van der Waals surface area (Å²) in [6.45, 7) is 8.80. The van der Waals surface area contributed by atoms with Gasteiger partial charge in [-0.15, -0.1) is 0 Å². The molecule has 1 aromatic rings. The van der Waals surface area contributed by atoms with E-state index in [-0.39, 0.29) is 0 Å². The van der Waals surface area contributed by atoms with Gasteiger partial charge in [-0.3, -0.25) is 0 Å². The van der Waals surface area contributed by atoms with Gasteiger partial charge in [0.1, 0.15) is 5.75 Å². The third kappa shape index (κ3) is 2.70. The first-order valence-corrected chi connectivity index (χ1v) is 6.25. The Balaban J connectivity index is 3.27. The molecule has 0 N–H and O–H groups in total. The lowest BCUT2D eigenvalue weighted by Crippen LogP contribution is -2.05. The van der Waals surface area contributed by atoms with Gasteiger partial charge in [-0.05, 0) is 35.4 Å². The molecule has 1 rings (SSSR count). The third-order valence-electron chi connectivity index (χ3n) is 3.24. The number of aryl methyl sites for hydroxylation is 1. The largest absolute Gasteiger partial charge is 0.495 e. The van der Waals surface area contributed by atoms with Crippen LogP contribution in [0.2, 0.25) is 5.02 Å². The van der Waals surface area contributed by atoms with Crippen molar-refractivity contribution in [2.45, 2.75) is 40.0 Å². The highest BCUT2D eigenvalue weighted by Gasteiger charge is 2.18. The van der Waals surface area contributed by atoms with Crippen molar-refractivity contribution in [3.8, 4) is 5.75 Å². The number of benzene rings is 1. The number of ether oxygens (including phenoxy) is 1. The predicted molar refractivity (Wildman–Crippen MR) is 70.6 cm³/mol. The Hall–Kier alpha value is -0.690. The summed E-state index contributed by atoms with van der Waals surface area (Å²) in [5, 5.41) is 0.726. The van der Waals surface area contributed by atoms with Gasteiger partial charge >= 0.3 is 0 Å². The van der Waals surface area contributed by atoms with Crippen molar-refractivity contribution in [3.05, 3.63) is 28.3 Å². The fourth-order valence-corrected chi connectivity index (χ4v) is 2.12. The van der Waals surface area contributed by atoms with E-state index in [0.717, 1.165) is 17.2 Å². The molecule has 0 unspecified atom stereocenters. The first-order valence-electron chi connectivity index (χ1n) is 5.87. The Kier molecular flexibility index (Phi) is 4.67. The van der Waals surface area contributed by atoms with E-state index in [1.165, 1.54) is 11.1 Å². The summed E-state index contributed by atoms with van der Waals surface area (Å²) in [6.07, 6.45) is 1.00. The number of hydrogen-bond acceptors (Lipinski definition) is 1. The van der Waals surface area contributed by atoms with Crippen LogP contribution in [-0.4, -0.2) is 7.11 Å². The quantitative estimate of drug-likeness (QED) is 0.743. The highest BCUT2D eigenvalue weighted by Crippen LogP contribution is 2.37. The Bertz CT molecular complexity index is 358. The number of halogens is 1. The minimum atomic E-state index is 0.457. The smallest absolute Gasteiger partial charge is 0.140 e. The van der Waals surface area contributed by atoms with Crippen molar-refractivity contribution in [1.29, 1.82) is 0 Å². The molecule has 0 saturated carbocycles. The van der Waals surface area contributed by atoms with E-state index in [1.807, 2.05) is 6.07 Å². The maximum Gasteiger partial charge on any atom is 0.140 e. The molecule has 0 aliphatic heterocycles. The van der Waals surface area contributed by atoms with E-state index in [2.05, 4.69) is 33.8 Å². The Labute approximate surface area is 104 Å². The summed E-state index contributed by atoms with van der Waals surface area (Å²) in [4.78, 5) is 0. The molecular weight excluding hydrogens is 220 g/mol. The normalized spacial score (nSPS) is 12.9. The molecule has 0 spiro atoms. The first-order chi connectivity index (χ1) is 7.51. The maximum absolute atomic E-state index is 6.24. The van der Waals surface area contributed by atoms with Crippen LogP contribution in [0.15, 0.2) is 12.1 Å². The molecule has 16 heavy (non-hydrogen) atoms. The van der Waals surface area contributed by atoms with Crippen LogP contribution in [0.1, 0.15) is 44.7 Å². The molecule has 0 aromatic heterocycles. The fourth-order valence-electron chi connectivity index (χ4n) is 1.79. The molecule has 0 aliphatic rings. The van der Waals surface area contributed by atoms with E-state index < -0.39 is 0 Å². The second-order valence-electron chi connectivity index (χ2n) is 4.59. The standard InChI is InChI=1S/C14H21ClO/c1-6-11-7-12(10(4)9(2)3)14(16-5)13(15)8-11/h7-10H,6H2,1-5H3/t10-/m1/s1. The van der Waals surface area contributed by atoms with Crippen molar-refractivity contribution in [2.24, 2.45) is 5.92 Å². The van der Waals surface area contributed by atoms with Crippen molar-refractivity contribution in [1.82, 2.24) is 0 Å². The Morgan fingerprint density at radius 1 is 1.25 bits per heavy atom. The highest BCUT2D eigenvalue weighted by atomic mass is 35.5. The van der Waals surface area contributed by atoms with Gasteiger partial charge in [0.25, 0.3) is 0 Å². The molecule has 1 atom stereocenters. The molecule has 2 heteroatoms. The summed E-state index contributed by atoms with van der Waals surface area (Å²) in [7, 11) is 1.68. The summed E-state index contributed by atoms with van der Waals surface area (Å²) < 4.78 is 5.41. The van der Waals surface area contributed by atoms with Crippen molar-refractivity contribution in [2.75, 3.05) is 7.11 Å². The zero-order valence-electron chi connectivity index (χ0n) is 10.8. The molecule has 0 bridgehead atoms. The zero-order chi connectivity index (χ0) is 12.3. The minimum Gasteiger partial charge on any atom is -0.495 e. The highest BCUT2D eigenvalue weighted by molar-refractivity contribution is 6.32. The monoisotopic (exact) mass is 240 g/mol. The zero-order valence-corrected chi connectivity index (χ0v) is 11.6. The lowest BCUT2D eigenvalue weighted by atomic mass is 9.88. The average molecular weight is 241 g/mol. The topological polar surface area (TPSA) is 9.23 Å². The molecular formula is C14H21ClO. The Morgan fingerprint density at radius 2 is 1.88 bits per heavy atom. The molecule has 0 heterocycles. The van der Waals surface area contributed by atoms with Gasteiger partial charge in [0.05, 0.1) is 12.1 Å². The molecule has 1 nitrogen and oxygen atoms in total. The second-order valence-corrected chi connectivity index (χ2v) is 4.99. The molecule has 0 radical (unpaired) electrons. The van der Waals surface area contributed by atoms with E-state index in [4.69, 9.17) is 16.3 Å². The van der Waals surface area contributed by atoms with Crippen LogP contribution in [0, 0.1) is 5.92 Å². The van der Waals surface area contributed by atoms with E-state index in [1.54, 1.807) is 7.11 Å². The molecule has 90 valence electrons. The van der Waals surface area contributed by atoms with Crippen LogP contribution in [0.3, 0.4) is 0 Å². The molecule has 0 fully saturated rings. The summed E-state index contributed by atoms with van der Waals surface area (Å²) in [6, 6.07) is 4.21. The van der Waals surface area contributed by atoms with Crippen LogP contribution in [-0.2, 0) is 6.42 Å². The molecule has 0 aliphatic carbocycles. The lowest BCUT2D eigenvalue weighted by molar-refractivity contribution is 0.399. The van der Waals surface area contributed by atoms with Crippen LogP contribution in [0.25, 0.3) is 0 Å². The number of hydrogen-bond donors (Lipinski definition) is 0. The minimum absolute atomic E-state index is 0.457. The summed E-state index contributed by atoms with van der Waals surface area (Å²) in [5.41, 5.74) is 2.50.